The lowest BCUT2D eigenvalue weighted by atomic mass is 10.2. The predicted octanol–water partition coefficient (Wildman–Crippen LogP) is 4.63. The number of aromatic hydroxyl groups is 1. The van der Waals surface area contributed by atoms with Gasteiger partial charge >= 0.3 is 0 Å². The lowest BCUT2D eigenvalue weighted by molar-refractivity contribution is -0.116. The Kier molecular flexibility index (Phi) is 6.87. The number of phenols is 1. The van der Waals surface area contributed by atoms with Gasteiger partial charge in [0.25, 0.3) is 5.91 Å². The zero-order chi connectivity index (χ0) is 18.4. The standard InChI is InChI=1S/C17H13BrCl2N2O3/c1-25-15-7-10(6-13(18)17(15)24)9-21-22-16(23)5-3-11-2-4-12(19)8-14(11)20/h2-9,24H,1H3,(H,22,23)/b5-3+,21-9-. The lowest BCUT2D eigenvalue weighted by Crippen LogP contribution is -2.14. The molecular weight excluding hydrogens is 431 g/mol. The molecule has 0 saturated heterocycles. The maximum absolute atomic E-state index is 11.8. The highest BCUT2D eigenvalue weighted by Gasteiger charge is 2.07. The van der Waals surface area contributed by atoms with Crippen LogP contribution in [0, 0.1) is 0 Å². The number of ether oxygens (including phenoxy) is 1. The third-order valence-corrected chi connectivity index (χ3v) is 4.20. The van der Waals surface area contributed by atoms with Crippen molar-refractivity contribution in [3.8, 4) is 11.5 Å². The fraction of sp³-hybridized carbons (Fsp3) is 0.0588. The summed E-state index contributed by atoms with van der Waals surface area (Å²) < 4.78 is 5.49. The number of benzene rings is 2. The Labute approximate surface area is 163 Å². The summed E-state index contributed by atoms with van der Waals surface area (Å²) in [5.74, 6) is -0.141. The summed E-state index contributed by atoms with van der Waals surface area (Å²) in [5, 5.41) is 14.6. The highest BCUT2D eigenvalue weighted by atomic mass is 79.9. The van der Waals surface area contributed by atoms with Gasteiger partial charge < -0.3 is 9.84 Å². The molecule has 130 valence electrons. The van der Waals surface area contributed by atoms with Gasteiger partial charge in [0.05, 0.1) is 17.8 Å². The van der Waals surface area contributed by atoms with E-state index in [1.807, 2.05) is 0 Å². The summed E-state index contributed by atoms with van der Waals surface area (Å²) >= 11 is 15.0. The van der Waals surface area contributed by atoms with Crippen molar-refractivity contribution < 1.29 is 14.6 Å². The molecular formula is C17H13BrCl2N2O3. The summed E-state index contributed by atoms with van der Waals surface area (Å²) in [4.78, 5) is 11.8. The molecule has 2 aromatic rings. The minimum Gasteiger partial charge on any atom is -0.503 e. The van der Waals surface area contributed by atoms with Gasteiger partial charge in [0, 0.05) is 16.1 Å². The molecule has 25 heavy (non-hydrogen) atoms. The van der Waals surface area contributed by atoms with Crippen LogP contribution in [0.5, 0.6) is 11.5 Å². The fourth-order valence-electron chi connectivity index (χ4n) is 1.83. The Bertz CT molecular complexity index is 854. The van der Waals surface area contributed by atoms with E-state index in [4.69, 9.17) is 27.9 Å². The van der Waals surface area contributed by atoms with Crippen molar-refractivity contribution in [3.63, 3.8) is 0 Å². The van der Waals surface area contributed by atoms with E-state index in [9.17, 15) is 9.90 Å². The Morgan fingerprint density at radius 1 is 1.32 bits per heavy atom. The topological polar surface area (TPSA) is 70.9 Å². The number of methoxy groups -OCH3 is 1. The fourth-order valence-corrected chi connectivity index (χ4v) is 2.76. The monoisotopic (exact) mass is 442 g/mol. The molecule has 0 unspecified atom stereocenters. The van der Waals surface area contributed by atoms with Crippen molar-refractivity contribution in [3.05, 3.63) is 62.1 Å². The van der Waals surface area contributed by atoms with E-state index in [1.165, 1.54) is 19.4 Å². The van der Waals surface area contributed by atoms with Crippen LogP contribution in [0.4, 0.5) is 0 Å². The van der Waals surface area contributed by atoms with Gasteiger partial charge in [-0.15, -0.1) is 0 Å². The van der Waals surface area contributed by atoms with Gasteiger partial charge in [0.15, 0.2) is 11.5 Å². The number of nitrogens with zero attached hydrogens (tertiary/aromatic N) is 1. The largest absolute Gasteiger partial charge is 0.503 e. The molecule has 0 aliphatic carbocycles. The molecule has 2 aromatic carbocycles. The van der Waals surface area contributed by atoms with Crippen LogP contribution in [0.15, 0.2) is 46.0 Å². The molecule has 0 bridgehead atoms. The van der Waals surface area contributed by atoms with Crippen molar-refractivity contribution in [2.45, 2.75) is 0 Å². The van der Waals surface area contributed by atoms with E-state index >= 15 is 0 Å². The molecule has 0 saturated carbocycles. The number of hydrogen-bond donors (Lipinski definition) is 2. The second kappa shape index (κ2) is 8.89. The maximum Gasteiger partial charge on any atom is 0.264 e. The number of halogens is 3. The van der Waals surface area contributed by atoms with Gasteiger partial charge in [-0.05, 0) is 57.4 Å². The minimum absolute atomic E-state index is 0.00791. The van der Waals surface area contributed by atoms with Crippen molar-refractivity contribution >= 4 is 57.3 Å². The predicted molar refractivity (Wildman–Crippen MR) is 104 cm³/mol. The van der Waals surface area contributed by atoms with Gasteiger partial charge in [-0.1, -0.05) is 29.3 Å². The molecule has 0 spiro atoms. The number of carbonyl (C=O) groups excluding carboxylic acids is 1. The van der Waals surface area contributed by atoms with Crippen molar-refractivity contribution in [2.24, 2.45) is 5.10 Å². The second-order valence-electron chi connectivity index (χ2n) is 4.79. The molecule has 0 heterocycles. The van der Waals surface area contributed by atoms with Crippen LogP contribution in [-0.4, -0.2) is 24.3 Å². The van der Waals surface area contributed by atoms with Crippen LogP contribution < -0.4 is 10.2 Å². The number of hydrogen-bond acceptors (Lipinski definition) is 4. The number of nitrogens with one attached hydrogen (secondary N) is 1. The van der Waals surface area contributed by atoms with Crippen LogP contribution in [0.2, 0.25) is 10.0 Å². The van der Waals surface area contributed by atoms with Crippen LogP contribution in [0.25, 0.3) is 6.08 Å². The Balaban J connectivity index is 2.01. The van der Waals surface area contributed by atoms with E-state index in [2.05, 4.69) is 26.5 Å². The summed E-state index contributed by atoms with van der Waals surface area (Å²) in [5.41, 5.74) is 3.66. The quantitative estimate of drug-likeness (QED) is 0.402. The van der Waals surface area contributed by atoms with E-state index in [0.717, 1.165) is 0 Å². The van der Waals surface area contributed by atoms with Gasteiger partial charge in [-0.25, -0.2) is 5.43 Å². The average molecular weight is 444 g/mol. The highest BCUT2D eigenvalue weighted by molar-refractivity contribution is 9.10. The van der Waals surface area contributed by atoms with Crippen LogP contribution in [-0.2, 0) is 4.79 Å². The first-order chi connectivity index (χ1) is 11.9. The van der Waals surface area contributed by atoms with Crippen molar-refractivity contribution in [1.29, 1.82) is 0 Å². The first-order valence-electron chi connectivity index (χ1n) is 6.93. The van der Waals surface area contributed by atoms with Crippen LogP contribution >= 0.6 is 39.1 Å². The summed E-state index contributed by atoms with van der Waals surface area (Å²) in [6.45, 7) is 0. The molecule has 0 radical (unpaired) electrons. The number of rotatable bonds is 5. The van der Waals surface area contributed by atoms with Gasteiger partial charge in [-0.2, -0.15) is 5.10 Å². The Morgan fingerprint density at radius 3 is 2.76 bits per heavy atom. The zero-order valence-corrected chi connectivity index (χ0v) is 16.1. The Hall–Kier alpha value is -2.02. The first kappa shape index (κ1) is 19.3. The maximum atomic E-state index is 11.8. The zero-order valence-electron chi connectivity index (χ0n) is 13.0. The van der Waals surface area contributed by atoms with Gasteiger partial charge in [-0.3, -0.25) is 4.79 Å². The first-order valence-corrected chi connectivity index (χ1v) is 8.48. The van der Waals surface area contributed by atoms with Crippen LogP contribution in [0.1, 0.15) is 11.1 Å². The van der Waals surface area contributed by atoms with Crippen molar-refractivity contribution in [1.82, 2.24) is 5.43 Å². The minimum atomic E-state index is -0.424. The molecule has 0 aromatic heterocycles. The number of phenolic OH excluding ortho intramolecular Hbond substituents is 1. The van der Waals surface area contributed by atoms with E-state index in [1.54, 1.807) is 36.4 Å². The van der Waals surface area contributed by atoms with Gasteiger partial charge in [0.2, 0.25) is 0 Å². The number of hydrazone groups is 1. The molecule has 8 heteroatoms. The van der Waals surface area contributed by atoms with Crippen LogP contribution in [0.3, 0.4) is 0 Å². The van der Waals surface area contributed by atoms with E-state index in [0.29, 0.717) is 31.4 Å². The Morgan fingerprint density at radius 2 is 2.08 bits per heavy atom. The summed E-state index contributed by atoms with van der Waals surface area (Å²) in [6, 6.07) is 8.20. The molecule has 0 aliphatic rings. The smallest absolute Gasteiger partial charge is 0.264 e. The highest BCUT2D eigenvalue weighted by Crippen LogP contribution is 2.34. The number of carbonyl (C=O) groups is 1. The van der Waals surface area contributed by atoms with E-state index < -0.39 is 5.91 Å². The average Bonchev–Trinajstić information content (AvgIpc) is 2.57. The molecule has 5 nitrogen and oxygen atoms in total. The summed E-state index contributed by atoms with van der Waals surface area (Å²) in [7, 11) is 1.44. The molecule has 0 aliphatic heterocycles. The normalized spacial score (nSPS) is 11.2. The molecule has 2 N–H and O–H groups in total. The third kappa shape index (κ3) is 5.49. The van der Waals surface area contributed by atoms with Gasteiger partial charge in [0.1, 0.15) is 0 Å². The SMILES string of the molecule is COc1cc(/C=N\NC(=O)/C=C/c2ccc(Cl)cc2Cl)cc(Br)c1O. The van der Waals surface area contributed by atoms with Crippen molar-refractivity contribution in [2.75, 3.05) is 7.11 Å². The summed E-state index contributed by atoms with van der Waals surface area (Å²) in [6.07, 6.45) is 4.29. The second-order valence-corrected chi connectivity index (χ2v) is 6.48. The molecule has 2 rings (SSSR count). The molecule has 1 amide bonds. The third-order valence-electron chi connectivity index (χ3n) is 3.04. The van der Waals surface area contributed by atoms with E-state index in [-0.39, 0.29) is 5.75 Å². The molecule has 0 atom stereocenters. The lowest BCUT2D eigenvalue weighted by Gasteiger charge is -2.06. The molecule has 0 fully saturated rings. The number of amides is 1.